The summed E-state index contributed by atoms with van der Waals surface area (Å²) >= 11 is 0. The van der Waals surface area contributed by atoms with E-state index in [1.54, 1.807) is 0 Å². The number of hydrogen-bond donors (Lipinski definition) is 3. The van der Waals surface area contributed by atoms with Crippen molar-refractivity contribution >= 4 is 40.6 Å². The molecule has 34 heavy (non-hydrogen) atoms. The van der Waals surface area contributed by atoms with E-state index in [1.165, 1.54) is 38.7 Å². The van der Waals surface area contributed by atoms with E-state index in [2.05, 4.69) is 27.5 Å². The lowest BCUT2D eigenvalue weighted by molar-refractivity contribution is 0.0599. The third kappa shape index (κ3) is 6.12. The molecule has 0 fully saturated rings. The number of ether oxygens (including phenoxy) is 3. The third-order valence-corrected chi connectivity index (χ3v) is 4.81. The minimum absolute atomic E-state index is 0.167. The van der Waals surface area contributed by atoms with Crippen molar-refractivity contribution < 1.29 is 23.8 Å². The summed E-state index contributed by atoms with van der Waals surface area (Å²) in [6, 6.07) is 11.9. The maximum atomic E-state index is 12.0. The van der Waals surface area contributed by atoms with Crippen molar-refractivity contribution in [2.24, 2.45) is 0 Å². The van der Waals surface area contributed by atoms with Crippen molar-refractivity contribution in [1.82, 2.24) is 9.97 Å². The number of anilines is 5. The monoisotopic (exact) mass is 465 g/mol. The highest BCUT2D eigenvalue weighted by Crippen LogP contribution is 2.29. The van der Waals surface area contributed by atoms with Gasteiger partial charge in [-0.3, -0.25) is 0 Å². The Morgan fingerprint density at radius 2 is 1.44 bits per heavy atom. The SMILES string of the molecule is CCCCOc1ccc(Nc2ncnc(Nc3cc(C(=O)OC)cc(C(=O)OC)c3)c2N)cc1. The Morgan fingerprint density at radius 1 is 0.882 bits per heavy atom. The molecule has 0 unspecified atom stereocenters. The van der Waals surface area contributed by atoms with Gasteiger partial charge in [0.1, 0.15) is 17.8 Å². The van der Waals surface area contributed by atoms with Crippen LogP contribution in [0.5, 0.6) is 5.75 Å². The van der Waals surface area contributed by atoms with Crippen LogP contribution in [0.4, 0.5) is 28.7 Å². The maximum Gasteiger partial charge on any atom is 0.337 e. The lowest BCUT2D eigenvalue weighted by Gasteiger charge is -2.14. The Morgan fingerprint density at radius 3 is 1.97 bits per heavy atom. The summed E-state index contributed by atoms with van der Waals surface area (Å²) in [4.78, 5) is 32.5. The summed E-state index contributed by atoms with van der Waals surface area (Å²) < 4.78 is 15.2. The molecule has 3 rings (SSSR count). The van der Waals surface area contributed by atoms with Crippen molar-refractivity contribution in [3.8, 4) is 5.75 Å². The maximum absolute atomic E-state index is 12.0. The normalized spacial score (nSPS) is 10.3. The Bertz CT molecular complexity index is 1120. The van der Waals surface area contributed by atoms with Gasteiger partial charge in [-0.25, -0.2) is 19.6 Å². The van der Waals surface area contributed by atoms with Gasteiger partial charge in [0.15, 0.2) is 11.6 Å². The van der Waals surface area contributed by atoms with Crippen LogP contribution < -0.4 is 21.1 Å². The second-order valence-electron chi connectivity index (χ2n) is 7.24. The number of carbonyl (C=O) groups excluding carboxylic acids is 2. The molecule has 0 aliphatic rings. The molecule has 0 spiro atoms. The summed E-state index contributed by atoms with van der Waals surface area (Å²) in [7, 11) is 2.51. The number of aromatic nitrogens is 2. The highest BCUT2D eigenvalue weighted by Gasteiger charge is 2.16. The van der Waals surface area contributed by atoms with Crippen LogP contribution in [-0.4, -0.2) is 42.7 Å². The molecule has 0 bridgehead atoms. The first kappa shape index (κ1) is 24.3. The van der Waals surface area contributed by atoms with E-state index in [4.69, 9.17) is 19.9 Å². The number of unbranched alkanes of at least 4 members (excludes halogenated alkanes) is 1. The zero-order valence-corrected chi connectivity index (χ0v) is 19.3. The first-order valence-corrected chi connectivity index (χ1v) is 10.6. The summed E-state index contributed by atoms with van der Waals surface area (Å²) in [6.45, 7) is 2.78. The molecule has 0 amide bonds. The average Bonchev–Trinajstić information content (AvgIpc) is 2.86. The van der Waals surface area contributed by atoms with Gasteiger partial charge < -0.3 is 30.6 Å². The van der Waals surface area contributed by atoms with Crippen LogP contribution >= 0.6 is 0 Å². The molecule has 0 aliphatic heterocycles. The van der Waals surface area contributed by atoms with E-state index in [-0.39, 0.29) is 22.6 Å². The number of methoxy groups -OCH3 is 2. The predicted octanol–water partition coefficient (Wildman–Crippen LogP) is 4.30. The minimum Gasteiger partial charge on any atom is -0.494 e. The average molecular weight is 466 g/mol. The van der Waals surface area contributed by atoms with Crippen LogP contribution in [0.2, 0.25) is 0 Å². The molecule has 10 nitrogen and oxygen atoms in total. The third-order valence-electron chi connectivity index (χ3n) is 4.81. The summed E-state index contributed by atoms with van der Waals surface area (Å²) in [5.41, 5.74) is 8.02. The van der Waals surface area contributed by atoms with E-state index < -0.39 is 11.9 Å². The highest BCUT2D eigenvalue weighted by atomic mass is 16.5. The Hall–Kier alpha value is -4.34. The van der Waals surface area contributed by atoms with Crippen molar-refractivity contribution in [3.05, 3.63) is 59.9 Å². The predicted molar refractivity (Wildman–Crippen MR) is 129 cm³/mol. The number of nitrogen functional groups attached to an aromatic ring is 1. The molecular weight excluding hydrogens is 438 g/mol. The Balaban J connectivity index is 1.81. The number of nitrogens with two attached hydrogens (primary N) is 1. The summed E-state index contributed by atoms with van der Waals surface area (Å²) in [5.74, 6) is 0.246. The van der Waals surface area contributed by atoms with Crippen molar-refractivity contribution in [3.63, 3.8) is 0 Å². The number of nitrogens with one attached hydrogen (secondary N) is 2. The molecule has 0 radical (unpaired) electrons. The standard InChI is InChI=1S/C24H27N5O5/c1-4-5-10-34-19-8-6-17(7-9-19)28-21-20(25)22(27-14-26-21)29-18-12-15(23(30)32-2)11-16(13-18)24(31)33-3/h6-9,11-14H,4-5,10,25H2,1-3H3,(H2,26,27,28,29). The fourth-order valence-electron chi connectivity index (χ4n) is 3.01. The zero-order chi connectivity index (χ0) is 24.5. The van der Waals surface area contributed by atoms with Crippen molar-refractivity contribution in [1.29, 1.82) is 0 Å². The van der Waals surface area contributed by atoms with Gasteiger partial charge >= 0.3 is 11.9 Å². The number of esters is 2. The van der Waals surface area contributed by atoms with Gasteiger partial charge in [-0.05, 0) is 48.9 Å². The molecule has 0 saturated heterocycles. The largest absolute Gasteiger partial charge is 0.494 e. The zero-order valence-electron chi connectivity index (χ0n) is 19.3. The molecule has 10 heteroatoms. The Labute approximate surface area is 197 Å². The molecule has 1 aromatic heterocycles. The topological polar surface area (TPSA) is 138 Å². The first-order chi connectivity index (χ1) is 16.4. The second-order valence-corrected chi connectivity index (χ2v) is 7.24. The minimum atomic E-state index is -0.603. The molecule has 178 valence electrons. The molecule has 0 aliphatic carbocycles. The van der Waals surface area contributed by atoms with Crippen LogP contribution in [-0.2, 0) is 9.47 Å². The van der Waals surface area contributed by atoms with E-state index >= 15 is 0 Å². The van der Waals surface area contributed by atoms with Gasteiger partial charge in [0, 0.05) is 11.4 Å². The summed E-state index contributed by atoms with van der Waals surface area (Å²) in [6.07, 6.45) is 3.41. The van der Waals surface area contributed by atoms with Crippen LogP contribution in [0.3, 0.4) is 0 Å². The van der Waals surface area contributed by atoms with Gasteiger partial charge in [0.2, 0.25) is 0 Å². The first-order valence-electron chi connectivity index (χ1n) is 10.6. The molecular formula is C24H27N5O5. The van der Waals surface area contributed by atoms with E-state index in [9.17, 15) is 9.59 Å². The smallest absolute Gasteiger partial charge is 0.337 e. The molecule has 3 aromatic rings. The number of carbonyl (C=O) groups is 2. The van der Waals surface area contributed by atoms with E-state index in [0.29, 0.717) is 18.1 Å². The van der Waals surface area contributed by atoms with E-state index in [0.717, 1.165) is 24.3 Å². The van der Waals surface area contributed by atoms with Crippen LogP contribution in [0.25, 0.3) is 0 Å². The fraction of sp³-hybridized carbons (Fsp3) is 0.250. The lowest BCUT2D eigenvalue weighted by atomic mass is 10.1. The van der Waals surface area contributed by atoms with Crippen LogP contribution in [0, 0.1) is 0 Å². The van der Waals surface area contributed by atoms with Crippen LogP contribution in [0.15, 0.2) is 48.8 Å². The fourth-order valence-corrected chi connectivity index (χ4v) is 3.01. The number of rotatable bonds is 10. The number of hydrogen-bond acceptors (Lipinski definition) is 10. The number of benzene rings is 2. The molecule has 0 saturated carbocycles. The lowest BCUT2D eigenvalue weighted by Crippen LogP contribution is -2.09. The second kappa shape index (κ2) is 11.5. The molecule has 0 atom stereocenters. The highest BCUT2D eigenvalue weighted by molar-refractivity contribution is 5.97. The molecule has 4 N–H and O–H groups in total. The molecule has 2 aromatic carbocycles. The van der Waals surface area contributed by atoms with Crippen LogP contribution in [0.1, 0.15) is 40.5 Å². The Kier molecular flexibility index (Phi) is 8.22. The molecule has 1 heterocycles. The quantitative estimate of drug-likeness (QED) is 0.293. The van der Waals surface area contributed by atoms with Crippen molar-refractivity contribution in [2.75, 3.05) is 37.2 Å². The van der Waals surface area contributed by atoms with Gasteiger partial charge in [-0.1, -0.05) is 13.3 Å². The van der Waals surface area contributed by atoms with E-state index in [1.807, 2.05) is 24.3 Å². The van der Waals surface area contributed by atoms with Gasteiger partial charge in [-0.2, -0.15) is 0 Å². The van der Waals surface area contributed by atoms with Gasteiger partial charge in [0.05, 0.1) is 32.0 Å². The van der Waals surface area contributed by atoms with Gasteiger partial charge in [0.25, 0.3) is 0 Å². The van der Waals surface area contributed by atoms with Crippen molar-refractivity contribution in [2.45, 2.75) is 19.8 Å². The number of nitrogens with zero attached hydrogens (tertiary/aromatic N) is 2. The summed E-state index contributed by atoms with van der Waals surface area (Å²) in [5, 5.41) is 6.17. The van der Waals surface area contributed by atoms with Gasteiger partial charge in [-0.15, -0.1) is 0 Å².